The second kappa shape index (κ2) is 5.84. The number of hydrogen-bond donors (Lipinski definition) is 3. The van der Waals surface area contributed by atoms with Gasteiger partial charge < -0.3 is 16.2 Å². The van der Waals surface area contributed by atoms with E-state index >= 15 is 0 Å². The molecule has 0 radical (unpaired) electrons. The molecule has 4 N–H and O–H groups in total. The molecule has 0 amide bonds. The smallest absolute Gasteiger partial charge is 0.335 e. The molecule has 0 spiro atoms. The number of nitrogens with two attached hydrogens (primary N) is 1. The Labute approximate surface area is 122 Å². The average molecular weight is 291 g/mol. The largest absolute Gasteiger partial charge is 0.478 e. The van der Waals surface area contributed by atoms with Crippen LogP contribution >= 0.6 is 11.6 Å². The van der Waals surface area contributed by atoms with Crippen LogP contribution in [-0.4, -0.2) is 11.1 Å². The summed E-state index contributed by atoms with van der Waals surface area (Å²) in [6, 6.07) is 12.0. The Balaban J connectivity index is 2.22. The monoisotopic (exact) mass is 290 g/mol. The number of carboxylic acids is 1. The third kappa shape index (κ3) is 3.22. The van der Waals surface area contributed by atoms with Gasteiger partial charge in [0.2, 0.25) is 0 Å². The zero-order valence-electron chi connectivity index (χ0n) is 10.9. The summed E-state index contributed by atoms with van der Waals surface area (Å²) in [5.74, 6) is -0.979. The van der Waals surface area contributed by atoms with Crippen LogP contribution in [0.1, 0.15) is 28.9 Å². The lowest BCUT2D eigenvalue weighted by molar-refractivity contribution is 0.0697. The van der Waals surface area contributed by atoms with E-state index < -0.39 is 5.97 Å². The second-order valence-corrected chi connectivity index (χ2v) is 4.96. The predicted molar refractivity (Wildman–Crippen MR) is 81.3 cm³/mol. The number of anilines is 2. The second-order valence-electron chi connectivity index (χ2n) is 4.52. The third-order valence-electron chi connectivity index (χ3n) is 3.04. The van der Waals surface area contributed by atoms with Crippen LogP contribution in [0.15, 0.2) is 42.5 Å². The van der Waals surface area contributed by atoms with E-state index in [4.69, 9.17) is 22.4 Å². The van der Waals surface area contributed by atoms with Gasteiger partial charge in [-0.15, -0.1) is 0 Å². The fourth-order valence-electron chi connectivity index (χ4n) is 1.88. The first-order valence-electron chi connectivity index (χ1n) is 6.12. The lowest BCUT2D eigenvalue weighted by atomic mass is 10.1. The van der Waals surface area contributed by atoms with Gasteiger partial charge in [0, 0.05) is 11.1 Å². The lowest BCUT2D eigenvalue weighted by Crippen LogP contribution is -2.09. The molecule has 1 unspecified atom stereocenters. The van der Waals surface area contributed by atoms with Crippen LogP contribution in [0, 0.1) is 0 Å². The number of benzene rings is 2. The number of nitrogens with one attached hydrogen (secondary N) is 1. The number of hydrogen-bond acceptors (Lipinski definition) is 3. The van der Waals surface area contributed by atoms with Crippen LogP contribution in [0.2, 0.25) is 5.02 Å². The molecule has 0 fully saturated rings. The van der Waals surface area contributed by atoms with Crippen LogP contribution in [0.25, 0.3) is 0 Å². The van der Waals surface area contributed by atoms with Gasteiger partial charge >= 0.3 is 5.97 Å². The van der Waals surface area contributed by atoms with Gasteiger partial charge in [0.05, 0.1) is 16.9 Å². The molecule has 5 heteroatoms. The molecule has 104 valence electrons. The van der Waals surface area contributed by atoms with Crippen LogP contribution < -0.4 is 11.1 Å². The van der Waals surface area contributed by atoms with Gasteiger partial charge in [-0.3, -0.25) is 0 Å². The highest BCUT2D eigenvalue weighted by molar-refractivity contribution is 6.30. The average Bonchev–Trinajstić information content (AvgIpc) is 2.41. The summed E-state index contributed by atoms with van der Waals surface area (Å²) < 4.78 is 0. The number of carboxylic acid groups (broad SMARTS) is 1. The Morgan fingerprint density at radius 1 is 1.25 bits per heavy atom. The van der Waals surface area contributed by atoms with Crippen molar-refractivity contribution >= 4 is 28.9 Å². The third-order valence-corrected chi connectivity index (χ3v) is 3.29. The quantitative estimate of drug-likeness (QED) is 0.749. The van der Waals surface area contributed by atoms with Gasteiger partial charge in [-0.2, -0.15) is 0 Å². The molecule has 2 aromatic rings. The van der Waals surface area contributed by atoms with Gasteiger partial charge in [0.1, 0.15) is 0 Å². The summed E-state index contributed by atoms with van der Waals surface area (Å²) in [5.41, 5.74) is 8.21. The van der Waals surface area contributed by atoms with Crippen LogP contribution in [-0.2, 0) is 0 Å². The van der Waals surface area contributed by atoms with E-state index in [9.17, 15) is 4.79 Å². The van der Waals surface area contributed by atoms with Crippen molar-refractivity contribution < 1.29 is 9.90 Å². The molecule has 0 aliphatic carbocycles. The van der Waals surface area contributed by atoms with Crippen molar-refractivity contribution in [2.24, 2.45) is 0 Å². The van der Waals surface area contributed by atoms with E-state index in [2.05, 4.69) is 5.32 Å². The highest BCUT2D eigenvalue weighted by Gasteiger charge is 2.10. The minimum atomic E-state index is -0.979. The van der Waals surface area contributed by atoms with Gasteiger partial charge in [0.25, 0.3) is 0 Å². The molecule has 20 heavy (non-hydrogen) atoms. The molecule has 4 nitrogen and oxygen atoms in total. The van der Waals surface area contributed by atoms with E-state index in [0.717, 1.165) is 5.56 Å². The first kappa shape index (κ1) is 14.2. The van der Waals surface area contributed by atoms with E-state index in [1.54, 1.807) is 6.07 Å². The van der Waals surface area contributed by atoms with Crippen molar-refractivity contribution in [2.75, 3.05) is 11.1 Å². The Kier molecular flexibility index (Phi) is 4.15. The molecule has 2 rings (SSSR count). The Hall–Kier alpha value is -2.20. The van der Waals surface area contributed by atoms with Crippen LogP contribution in [0.3, 0.4) is 0 Å². The first-order chi connectivity index (χ1) is 9.47. The van der Waals surface area contributed by atoms with Crippen molar-refractivity contribution in [1.29, 1.82) is 0 Å². The zero-order chi connectivity index (χ0) is 14.7. The van der Waals surface area contributed by atoms with E-state index in [-0.39, 0.29) is 11.6 Å². The number of halogens is 1. The molecule has 2 aromatic carbocycles. The van der Waals surface area contributed by atoms with E-state index in [1.165, 1.54) is 12.1 Å². The summed E-state index contributed by atoms with van der Waals surface area (Å²) >= 11 is 5.85. The SMILES string of the molecule is CC(Nc1cc(C(=O)O)ccc1N)c1ccc(Cl)cc1. The van der Waals surface area contributed by atoms with Gasteiger partial charge in [-0.05, 0) is 42.8 Å². The molecular formula is C15H15ClN2O2. The summed E-state index contributed by atoms with van der Waals surface area (Å²) in [7, 11) is 0. The van der Waals surface area contributed by atoms with Gasteiger partial charge in [0.15, 0.2) is 0 Å². The maximum atomic E-state index is 11.0. The van der Waals surface area contributed by atoms with Crippen molar-refractivity contribution in [1.82, 2.24) is 0 Å². The topological polar surface area (TPSA) is 75.3 Å². The molecular weight excluding hydrogens is 276 g/mol. The summed E-state index contributed by atoms with van der Waals surface area (Å²) in [6.07, 6.45) is 0. The summed E-state index contributed by atoms with van der Waals surface area (Å²) in [4.78, 5) is 11.0. The molecule has 0 saturated heterocycles. The van der Waals surface area contributed by atoms with Gasteiger partial charge in [-0.25, -0.2) is 4.79 Å². The van der Waals surface area contributed by atoms with Crippen molar-refractivity contribution in [2.45, 2.75) is 13.0 Å². The van der Waals surface area contributed by atoms with Crippen LogP contribution in [0.4, 0.5) is 11.4 Å². The fourth-order valence-corrected chi connectivity index (χ4v) is 2.01. The maximum Gasteiger partial charge on any atom is 0.335 e. The Morgan fingerprint density at radius 2 is 1.90 bits per heavy atom. The predicted octanol–water partition coefficient (Wildman–Crippen LogP) is 3.79. The standard InChI is InChI=1S/C15H15ClN2O2/c1-9(10-2-5-12(16)6-3-10)18-14-8-11(15(19)20)4-7-13(14)17/h2-9,18H,17H2,1H3,(H,19,20). The fraction of sp³-hybridized carbons (Fsp3) is 0.133. The zero-order valence-corrected chi connectivity index (χ0v) is 11.7. The molecule has 0 aliphatic rings. The van der Waals surface area contributed by atoms with Crippen molar-refractivity contribution in [3.05, 3.63) is 58.6 Å². The minimum absolute atomic E-state index is 0.0152. The van der Waals surface area contributed by atoms with Crippen LogP contribution in [0.5, 0.6) is 0 Å². The number of nitrogen functional groups attached to an aromatic ring is 1. The molecule has 0 aliphatic heterocycles. The molecule has 0 saturated carbocycles. The van der Waals surface area contributed by atoms with Crippen molar-refractivity contribution in [3.63, 3.8) is 0 Å². The number of rotatable bonds is 4. The maximum absolute atomic E-state index is 11.0. The first-order valence-corrected chi connectivity index (χ1v) is 6.50. The molecule has 0 aromatic heterocycles. The molecule has 1 atom stereocenters. The van der Waals surface area contributed by atoms with E-state index in [0.29, 0.717) is 16.4 Å². The minimum Gasteiger partial charge on any atom is -0.478 e. The van der Waals surface area contributed by atoms with E-state index in [1.807, 2.05) is 31.2 Å². The molecule has 0 heterocycles. The summed E-state index contributed by atoms with van der Waals surface area (Å²) in [6.45, 7) is 1.97. The molecule has 0 bridgehead atoms. The normalized spacial score (nSPS) is 11.9. The highest BCUT2D eigenvalue weighted by Crippen LogP contribution is 2.26. The van der Waals surface area contributed by atoms with Crippen molar-refractivity contribution in [3.8, 4) is 0 Å². The highest BCUT2D eigenvalue weighted by atomic mass is 35.5. The van der Waals surface area contributed by atoms with Gasteiger partial charge in [-0.1, -0.05) is 23.7 Å². The summed E-state index contributed by atoms with van der Waals surface area (Å²) in [5, 5.41) is 12.9. The Morgan fingerprint density at radius 3 is 2.50 bits per heavy atom. The number of aromatic carboxylic acids is 1. The Bertz CT molecular complexity index is 626. The lowest BCUT2D eigenvalue weighted by Gasteiger charge is -2.17. The number of carbonyl (C=O) groups is 1.